The summed E-state index contributed by atoms with van der Waals surface area (Å²) < 4.78 is 0. The van der Waals surface area contributed by atoms with Gasteiger partial charge >= 0.3 is 12.0 Å². The van der Waals surface area contributed by atoms with Gasteiger partial charge in [-0.1, -0.05) is 13.8 Å². The fourth-order valence-electron chi connectivity index (χ4n) is 3.24. The van der Waals surface area contributed by atoms with Gasteiger partial charge < -0.3 is 20.6 Å². The number of fused-ring (bicyclic) bond motifs is 1. The molecule has 0 radical (unpaired) electrons. The average Bonchev–Trinajstić information content (AvgIpc) is 2.82. The molecule has 0 aromatic heterocycles. The van der Waals surface area contributed by atoms with E-state index in [-0.39, 0.29) is 18.0 Å². The second kappa shape index (κ2) is 6.43. The van der Waals surface area contributed by atoms with Crippen molar-refractivity contribution >= 4 is 12.0 Å². The van der Waals surface area contributed by atoms with Crippen molar-refractivity contribution in [3.05, 3.63) is 0 Å². The summed E-state index contributed by atoms with van der Waals surface area (Å²) in [4.78, 5) is 25.5. The van der Waals surface area contributed by atoms with Gasteiger partial charge in [0.1, 0.15) is 6.04 Å². The predicted molar refractivity (Wildman–Crippen MR) is 75.5 cm³/mol. The summed E-state index contributed by atoms with van der Waals surface area (Å²) >= 11 is 0. The van der Waals surface area contributed by atoms with E-state index < -0.39 is 12.0 Å². The maximum atomic E-state index is 11.9. The molecule has 114 valence electrons. The summed E-state index contributed by atoms with van der Waals surface area (Å²) in [6.45, 7) is 5.78. The Kier molecular flexibility index (Phi) is 4.86. The maximum Gasteiger partial charge on any atom is 0.326 e. The average molecular weight is 283 g/mol. The minimum atomic E-state index is -0.985. The monoisotopic (exact) mass is 283 g/mol. The Morgan fingerprint density at radius 2 is 2.00 bits per heavy atom. The van der Waals surface area contributed by atoms with Crippen LogP contribution in [0.3, 0.4) is 0 Å². The van der Waals surface area contributed by atoms with Crippen molar-refractivity contribution in [3.63, 3.8) is 0 Å². The number of rotatable bonds is 4. The number of carboxylic acid groups (broad SMARTS) is 1. The molecule has 6 heteroatoms. The third-order valence-corrected chi connectivity index (χ3v) is 4.37. The molecule has 0 aromatic carbocycles. The zero-order valence-electron chi connectivity index (χ0n) is 12.3. The topological polar surface area (TPSA) is 81.7 Å². The summed E-state index contributed by atoms with van der Waals surface area (Å²) in [7, 11) is 0. The number of piperidine rings is 1. The lowest BCUT2D eigenvalue weighted by molar-refractivity contribution is -0.140. The number of urea groups is 1. The Balaban J connectivity index is 1.80. The number of nitrogens with one attached hydrogen (secondary N) is 2. The van der Waals surface area contributed by atoms with Crippen LogP contribution in [0.2, 0.25) is 0 Å². The van der Waals surface area contributed by atoms with Crippen LogP contribution < -0.4 is 10.6 Å². The molecule has 0 aromatic rings. The van der Waals surface area contributed by atoms with Gasteiger partial charge in [0.2, 0.25) is 0 Å². The van der Waals surface area contributed by atoms with Gasteiger partial charge in [-0.25, -0.2) is 9.59 Å². The first-order valence-corrected chi connectivity index (χ1v) is 7.51. The number of aliphatic carboxylic acids is 1. The van der Waals surface area contributed by atoms with E-state index in [1.54, 1.807) is 13.8 Å². The van der Waals surface area contributed by atoms with Crippen LogP contribution >= 0.6 is 0 Å². The number of carboxylic acids is 1. The lowest BCUT2D eigenvalue weighted by Gasteiger charge is -2.35. The Hall–Kier alpha value is -1.30. The van der Waals surface area contributed by atoms with E-state index in [4.69, 9.17) is 5.11 Å². The Morgan fingerprint density at radius 3 is 2.65 bits per heavy atom. The Labute approximate surface area is 119 Å². The fraction of sp³-hybridized carbons (Fsp3) is 0.857. The molecule has 3 atom stereocenters. The second-order valence-corrected chi connectivity index (χ2v) is 6.23. The molecule has 6 nitrogen and oxygen atoms in total. The molecule has 2 aliphatic rings. The first-order chi connectivity index (χ1) is 9.47. The summed E-state index contributed by atoms with van der Waals surface area (Å²) in [5, 5.41) is 14.6. The van der Waals surface area contributed by atoms with E-state index >= 15 is 0 Å². The maximum absolute atomic E-state index is 11.9. The van der Waals surface area contributed by atoms with E-state index in [9.17, 15) is 9.59 Å². The predicted octanol–water partition coefficient (Wildman–Crippen LogP) is 1.02. The fourth-order valence-corrected chi connectivity index (χ4v) is 3.24. The normalized spacial score (nSPS) is 27.9. The van der Waals surface area contributed by atoms with Gasteiger partial charge in [-0.15, -0.1) is 0 Å². The third-order valence-electron chi connectivity index (χ3n) is 4.37. The number of nitrogens with zero attached hydrogens (tertiary/aromatic N) is 1. The van der Waals surface area contributed by atoms with Gasteiger partial charge in [0.05, 0.1) is 0 Å². The van der Waals surface area contributed by atoms with Crippen molar-refractivity contribution in [3.8, 4) is 0 Å². The smallest absolute Gasteiger partial charge is 0.326 e. The van der Waals surface area contributed by atoms with Crippen LogP contribution in [0.4, 0.5) is 4.79 Å². The van der Waals surface area contributed by atoms with Crippen LogP contribution in [-0.2, 0) is 4.79 Å². The summed E-state index contributed by atoms with van der Waals surface area (Å²) in [6, 6.07) is -0.436. The van der Waals surface area contributed by atoms with Crippen molar-refractivity contribution < 1.29 is 14.7 Å². The summed E-state index contributed by atoms with van der Waals surface area (Å²) in [6.07, 6.45) is 4.39. The van der Waals surface area contributed by atoms with Crippen molar-refractivity contribution in [1.82, 2.24) is 15.5 Å². The SMILES string of the molecule is CC(C)[C@@H](NC(=O)NC1CCN2CCCC2C1)C(=O)O. The van der Waals surface area contributed by atoms with E-state index in [1.165, 1.54) is 19.4 Å². The Morgan fingerprint density at radius 1 is 1.25 bits per heavy atom. The molecule has 2 amide bonds. The van der Waals surface area contributed by atoms with E-state index in [0.717, 1.165) is 19.4 Å². The molecule has 2 fully saturated rings. The lowest BCUT2D eigenvalue weighted by Crippen LogP contribution is -2.54. The van der Waals surface area contributed by atoms with Crippen molar-refractivity contribution in [1.29, 1.82) is 0 Å². The minimum absolute atomic E-state index is 0.130. The minimum Gasteiger partial charge on any atom is -0.480 e. The lowest BCUT2D eigenvalue weighted by atomic mass is 9.98. The molecule has 2 unspecified atom stereocenters. The number of carbonyl (C=O) groups excluding carboxylic acids is 1. The highest BCUT2D eigenvalue weighted by Crippen LogP contribution is 2.26. The van der Waals surface area contributed by atoms with Crippen LogP contribution in [0.15, 0.2) is 0 Å². The van der Waals surface area contributed by atoms with E-state index in [0.29, 0.717) is 6.04 Å². The Bertz CT molecular complexity index is 373. The van der Waals surface area contributed by atoms with Crippen LogP contribution in [0.25, 0.3) is 0 Å². The molecular weight excluding hydrogens is 258 g/mol. The van der Waals surface area contributed by atoms with E-state index in [2.05, 4.69) is 15.5 Å². The van der Waals surface area contributed by atoms with Crippen molar-refractivity contribution in [2.75, 3.05) is 13.1 Å². The molecule has 0 saturated carbocycles. The molecule has 2 heterocycles. The highest BCUT2D eigenvalue weighted by atomic mass is 16.4. The highest BCUT2D eigenvalue weighted by Gasteiger charge is 2.32. The molecule has 20 heavy (non-hydrogen) atoms. The first kappa shape index (κ1) is 15.1. The van der Waals surface area contributed by atoms with Crippen LogP contribution in [0.5, 0.6) is 0 Å². The number of amides is 2. The van der Waals surface area contributed by atoms with Gasteiger partial charge in [0.25, 0.3) is 0 Å². The number of hydrogen-bond acceptors (Lipinski definition) is 3. The molecule has 0 spiro atoms. The largest absolute Gasteiger partial charge is 0.480 e. The van der Waals surface area contributed by atoms with Crippen LogP contribution in [0.1, 0.15) is 39.5 Å². The third kappa shape index (κ3) is 3.62. The molecule has 2 rings (SSSR count). The van der Waals surface area contributed by atoms with Gasteiger partial charge in [-0.2, -0.15) is 0 Å². The number of hydrogen-bond donors (Lipinski definition) is 3. The molecule has 3 N–H and O–H groups in total. The van der Waals surface area contributed by atoms with E-state index in [1.807, 2.05) is 0 Å². The molecule has 2 saturated heterocycles. The van der Waals surface area contributed by atoms with Gasteiger partial charge in [-0.3, -0.25) is 0 Å². The van der Waals surface area contributed by atoms with Crippen molar-refractivity contribution in [2.45, 2.75) is 57.7 Å². The molecule has 0 bridgehead atoms. The zero-order valence-corrected chi connectivity index (χ0v) is 12.3. The van der Waals surface area contributed by atoms with Gasteiger partial charge in [0.15, 0.2) is 0 Å². The summed E-state index contributed by atoms with van der Waals surface area (Å²) in [5.74, 6) is -1.12. The van der Waals surface area contributed by atoms with Crippen LogP contribution in [-0.4, -0.2) is 53.2 Å². The second-order valence-electron chi connectivity index (χ2n) is 6.23. The van der Waals surface area contributed by atoms with Gasteiger partial charge in [0, 0.05) is 18.6 Å². The standard InChI is InChI=1S/C14H25N3O3/c1-9(2)12(13(18)19)16-14(20)15-10-5-7-17-6-3-4-11(17)8-10/h9-12H,3-8H2,1-2H3,(H,18,19)(H2,15,16,20)/t10?,11?,12-/m1/s1. The zero-order chi connectivity index (χ0) is 14.7. The molecular formula is C14H25N3O3. The number of carbonyl (C=O) groups is 2. The first-order valence-electron chi connectivity index (χ1n) is 7.51. The molecule has 2 aliphatic heterocycles. The molecule has 0 aliphatic carbocycles. The highest BCUT2D eigenvalue weighted by molar-refractivity contribution is 5.82. The van der Waals surface area contributed by atoms with Gasteiger partial charge in [-0.05, 0) is 38.1 Å². The van der Waals surface area contributed by atoms with Crippen LogP contribution in [0, 0.1) is 5.92 Å². The van der Waals surface area contributed by atoms with Crippen molar-refractivity contribution in [2.24, 2.45) is 5.92 Å². The summed E-state index contributed by atoms with van der Waals surface area (Å²) in [5.41, 5.74) is 0. The quantitative estimate of drug-likeness (QED) is 0.719.